The second-order valence-corrected chi connectivity index (χ2v) is 4.58. The van der Waals surface area contributed by atoms with Gasteiger partial charge in [-0.05, 0) is 20.4 Å². The summed E-state index contributed by atoms with van der Waals surface area (Å²) < 4.78 is 7.59. The number of hydrogen-bond donors (Lipinski definition) is 1. The third-order valence-electron chi connectivity index (χ3n) is 3.12. The maximum atomic E-state index is 5.54. The van der Waals surface area contributed by atoms with E-state index in [1.807, 2.05) is 19.4 Å². The normalized spacial score (nSPS) is 14.1. The van der Waals surface area contributed by atoms with Gasteiger partial charge in [-0.25, -0.2) is 4.98 Å². The maximum Gasteiger partial charge on any atom is 0.110 e. The zero-order valence-corrected chi connectivity index (χ0v) is 10.9. The minimum Gasteiger partial charge on any atom is -0.377 e. The fourth-order valence-corrected chi connectivity index (χ4v) is 1.73. The summed E-state index contributed by atoms with van der Waals surface area (Å²) in [6.07, 6.45) is 4.68. The van der Waals surface area contributed by atoms with Gasteiger partial charge in [-0.15, -0.1) is 0 Å². The number of aryl methyl sites for hydroxylation is 1. The van der Waals surface area contributed by atoms with Crippen molar-refractivity contribution in [1.82, 2.24) is 14.9 Å². The van der Waals surface area contributed by atoms with Crippen LogP contribution in [0.1, 0.15) is 26.6 Å². The van der Waals surface area contributed by atoms with Gasteiger partial charge >= 0.3 is 0 Å². The summed E-state index contributed by atoms with van der Waals surface area (Å²) in [7, 11) is 3.77. The van der Waals surface area contributed by atoms with Crippen LogP contribution in [0, 0.1) is 0 Å². The monoisotopic (exact) mass is 225 g/mol. The molecule has 1 rings (SSSR count). The average Bonchev–Trinajstić information content (AvgIpc) is 2.64. The molecule has 0 radical (unpaired) electrons. The minimum atomic E-state index is -0.192. The molecule has 16 heavy (non-hydrogen) atoms. The van der Waals surface area contributed by atoms with Crippen LogP contribution in [-0.2, 0) is 18.2 Å². The van der Waals surface area contributed by atoms with Crippen molar-refractivity contribution in [3.05, 3.63) is 18.2 Å². The molecular formula is C12H23N3O. The van der Waals surface area contributed by atoms with Gasteiger partial charge in [0.15, 0.2) is 0 Å². The first-order chi connectivity index (χ1) is 7.51. The molecular weight excluding hydrogens is 202 g/mol. The second-order valence-electron chi connectivity index (χ2n) is 4.58. The topological polar surface area (TPSA) is 39.1 Å². The lowest BCUT2D eigenvalue weighted by Gasteiger charge is -2.33. The zero-order chi connectivity index (χ0) is 12.2. The van der Waals surface area contributed by atoms with E-state index in [1.165, 1.54) is 0 Å². The molecule has 0 aliphatic carbocycles. The first-order valence-electron chi connectivity index (χ1n) is 5.76. The van der Waals surface area contributed by atoms with Crippen LogP contribution in [0.25, 0.3) is 0 Å². The fourth-order valence-electron chi connectivity index (χ4n) is 1.73. The average molecular weight is 225 g/mol. The first kappa shape index (κ1) is 13.2. The lowest BCUT2D eigenvalue weighted by atomic mass is 9.95. The van der Waals surface area contributed by atoms with Crippen molar-refractivity contribution in [3.8, 4) is 0 Å². The van der Waals surface area contributed by atoms with Crippen LogP contribution >= 0.6 is 0 Å². The van der Waals surface area contributed by atoms with Gasteiger partial charge in [0.1, 0.15) is 5.82 Å². The Kier molecular flexibility index (Phi) is 4.50. The van der Waals surface area contributed by atoms with Gasteiger partial charge in [-0.1, -0.05) is 6.92 Å². The van der Waals surface area contributed by atoms with Crippen LogP contribution < -0.4 is 5.32 Å². The van der Waals surface area contributed by atoms with Crippen LogP contribution in [-0.4, -0.2) is 34.8 Å². The third kappa shape index (κ3) is 3.06. The summed E-state index contributed by atoms with van der Waals surface area (Å²) in [6.45, 7) is 7.24. The lowest BCUT2D eigenvalue weighted by Crippen LogP contribution is -2.49. The first-order valence-corrected chi connectivity index (χ1v) is 5.76. The molecule has 0 aliphatic heterocycles. The Morgan fingerprint density at radius 3 is 2.69 bits per heavy atom. The summed E-state index contributed by atoms with van der Waals surface area (Å²) in [4.78, 5) is 4.35. The van der Waals surface area contributed by atoms with Crippen LogP contribution in [0.5, 0.6) is 0 Å². The van der Waals surface area contributed by atoms with E-state index < -0.39 is 0 Å². The summed E-state index contributed by atoms with van der Waals surface area (Å²) in [5.41, 5.74) is -0.192. The zero-order valence-electron chi connectivity index (χ0n) is 10.9. The molecule has 1 N–H and O–H groups in total. The van der Waals surface area contributed by atoms with Gasteiger partial charge in [-0.3, -0.25) is 0 Å². The van der Waals surface area contributed by atoms with Gasteiger partial charge in [0.2, 0.25) is 0 Å². The largest absolute Gasteiger partial charge is 0.377 e. The van der Waals surface area contributed by atoms with Crippen LogP contribution in [0.2, 0.25) is 0 Å². The Bertz CT molecular complexity index is 320. The van der Waals surface area contributed by atoms with E-state index in [9.17, 15) is 0 Å². The Morgan fingerprint density at radius 2 is 2.25 bits per heavy atom. The molecule has 0 spiro atoms. The smallest absolute Gasteiger partial charge is 0.110 e. The van der Waals surface area contributed by atoms with E-state index in [2.05, 4.69) is 35.6 Å². The van der Waals surface area contributed by atoms with Crippen molar-refractivity contribution < 1.29 is 4.74 Å². The summed E-state index contributed by atoms with van der Waals surface area (Å²) in [5.74, 6) is 1.08. The van der Waals surface area contributed by atoms with Gasteiger partial charge in [0.25, 0.3) is 0 Å². The predicted molar refractivity (Wildman–Crippen MR) is 65.5 cm³/mol. The molecule has 1 aromatic heterocycles. The molecule has 0 aromatic carbocycles. The molecule has 0 fully saturated rings. The Labute approximate surface area is 98.0 Å². The van der Waals surface area contributed by atoms with Crippen molar-refractivity contribution in [2.24, 2.45) is 7.05 Å². The molecule has 92 valence electrons. The number of rotatable bonds is 6. The number of imidazole rings is 1. The third-order valence-corrected chi connectivity index (χ3v) is 3.12. The van der Waals surface area contributed by atoms with E-state index in [4.69, 9.17) is 4.74 Å². The lowest BCUT2D eigenvalue weighted by molar-refractivity contribution is -0.0103. The van der Waals surface area contributed by atoms with E-state index in [-0.39, 0.29) is 11.6 Å². The predicted octanol–water partition coefficient (Wildman–Crippen LogP) is 1.37. The molecule has 1 heterocycles. The van der Waals surface area contributed by atoms with Gasteiger partial charge < -0.3 is 14.6 Å². The number of methoxy groups -OCH3 is 1. The second kappa shape index (κ2) is 5.46. The highest BCUT2D eigenvalue weighted by Crippen LogP contribution is 2.17. The number of nitrogens with one attached hydrogen (secondary N) is 1. The highest BCUT2D eigenvalue weighted by Gasteiger charge is 2.29. The molecule has 1 atom stereocenters. The Hall–Kier alpha value is -0.870. The van der Waals surface area contributed by atoms with E-state index in [0.29, 0.717) is 0 Å². The molecule has 0 saturated carbocycles. The number of hydrogen-bond acceptors (Lipinski definition) is 3. The van der Waals surface area contributed by atoms with Crippen molar-refractivity contribution >= 4 is 0 Å². The number of aromatic nitrogens is 2. The summed E-state index contributed by atoms with van der Waals surface area (Å²) in [6, 6.07) is 0.267. The molecule has 1 aromatic rings. The van der Waals surface area contributed by atoms with Crippen LogP contribution in [0.15, 0.2) is 12.4 Å². The molecule has 0 saturated heterocycles. The van der Waals surface area contributed by atoms with E-state index >= 15 is 0 Å². The Morgan fingerprint density at radius 1 is 1.56 bits per heavy atom. The van der Waals surface area contributed by atoms with Crippen LogP contribution in [0.3, 0.4) is 0 Å². The van der Waals surface area contributed by atoms with Crippen molar-refractivity contribution in [2.75, 3.05) is 13.7 Å². The van der Waals surface area contributed by atoms with Crippen molar-refractivity contribution in [2.45, 2.75) is 38.8 Å². The molecule has 0 bridgehead atoms. The van der Waals surface area contributed by atoms with Crippen molar-refractivity contribution in [1.29, 1.82) is 0 Å². The standard InChI is InChI=1S/C12H23N3O/c1-6-13-10(12(2,3)16-5)9-11-14-7-8-15(11)4/h7-8,10,13H,6,9H2,1-5H3. The van der Waals surface area contributed by atoms with Gasteiger partial charge in [-0.2, -0.15) is 0 Å². The number of likely N-dealkylation sites (N-methyl/N-ethyl adjacent to an activating group) is 1. The molecule has 0 aliphatic rings. The maximum absolute atomic E-state index is 5.54. The van der Waals surface area contributed by atoms with Crippen LogP contribution in [0.4, 0.5) is 0 Å². The summed E-state index contributed by atoms with van der Waals surface area (Å²) in [5, 5.41) is 3.46. The molecule has 0 amide bonds. The SMILES string of the molecule is CCNC(Cc1nccn1C)C(C)(C)OC. The van der Waals surface area contributed by atoms with E-state index in [0.717, 1.165) is 18.8 Å². The fraction of sp³-hybridized carbons (Fsp3) is 0.750. The van der Waals surface area contributed by atoms with E-state index in [1.54, 1.807) is 7.11 Å². The highest BCUT2D eigenvalue weighted by atomic mass is 16.5. The van der Waals surface area contributed by atoms with Gasteiger partial charge in [0, 0.05) is 39.0 Å². The molecule has 4 heteroatoms. The van der Waals surface area contributed by atoms with Gasteiger partial charge in [0.05, 0.1) is 5.60 Å². The van der Waals surface area contributed by atoms with Crippen molar-refractivity contribution in [3.63, 3.8) is 0 Å². The number of nitrogens with zero attached hydrogens (tertiary/aromatic N) is 2. The molecule has 4 nitrogen and oxygen atoms in total. The summed E-state index contributed by atoms with van der Waals surface area (Å²) >= 11 is 0. The number of ether oxygens (including phenoxy) is 1. The molecule has 1 unspecified atom stereocenters. The minimum absolute atomic E-state index is 0.192. The Balaban J connectivity index is 2.76. The highest BCUT2D eigenvalue weighted by molar-refractivity contribution is 4.99. The quantitative estimate of drug-likeness (QED) is 0.794.